The van der Waals surface area contributed by atoms with E-state index in [4.69, 9.17) is 9.84 Å². The first kappa shape index (κ1) is 17.8. The summed E-state index contributed by atoms with van der Waals surface area (Å²) in [6, 6.07) is 15.3. The molecule has 0 aliphatic carbocycles. The maximum Gasteiger partial charge on any atom is 0.251 e. The Morgan fingerprint density at radius 2 is 2.00 bits per heavy atom. The minimum absolute atomic E-state index is 0.0705. The number of anilines is 1. The second-order valence-corrected chi connectivity index (χ2v) is 5.43. The summed E-state index contributed by atoms with van der Waals surface area (Å²) in [7, 11) is 0. The van der Waals surface area contributed by atoms with Gasteiger partial charge in [-0.05, 0) is 49.7 Å². The van der Waals surface area contributed by atoms with Gasteiger partial charge in [0.25, 0.3) is 5.91 Å². The van der Waals surface area contributed by atoms with Crippen molar-refractivity contribution in [1.82, 2.24) is 5.32 Å². The molecule has 24 heavy (non-hydrogen) atoms. The molecule has 0 aliphatic rings. The molecule has 2 aromatic carbocycles. The first-order valence-electron chi connectivity index (χ1n) is 8.12. The molecule has 0 saturated heterocycles. The highest BCUT2D eigenvalue weighted by atomic mass is 16.5. The molecular formula is C19H24N2O3. The SMILES string of the molecule is CCOc1cccc(C(C)Nc2cccc(C(=O)NCCO)c2)c1. The van der Waals surface area contributed by atoms with E-state index >= 15 is 0 Å². The average molecular weight is 328 g/mol. The third kappa shape index (κ3) is 4.99. The Bertz CT molecular complexity index is 673. The van der Waals surface area contributed by atoms with E-state index in [2.05, 4.69) is 17.6 Å². The van der Waals surface area contributed by atoms with Crippen molar-refractivity contribution in [2.24, 2.45) is 0 Å². The smallest absolute Gasteiger partial charge is 0.251 e. The Hall–Kier alpha value is -2.53. The molecule has 0 aliphatic heterocycles. The zero-order valence-electron chi connectivity index (χ0n) is 14.1. The lowest BCUT2D eigenvalue weighted by Crippen LogP contribution is -2.26. The number of rotatable bonds is 8. The third-order valence-electron chi connectivity index (χ3n) is 3.57. The van der Waals surface area contributed by atoms with E-state index in [9.17, 15) is 4.79 Å². The summed E-state index contributed by atoms with van der Waals surface area (Å²) in [5.41, 5.74) is 2.53. The molecule has 5 nitrogen and oxygen atoms in total. The number of hydrogen-bond acceptors (Lipinski definition) is 4. The molecule has 3 N–H and O–H groups in total. The molecule has 0 heterocycles. The van der Waals surface area contributed by atoms with Crippen LogP contribution in [0.1, 0.15) is 35.8 Å². The van der Waals surface area contributed by atoms with Crippen LogP contribution in [0.3, 0.4) is 0 Å². The van der Waals surface area contributed by atoms with E-state index in [0.29, 0.717) is 12.2 Å². The minimum atomic E-state index is -0.196. The van der Waals surface area contributed by atoms with Gasteiger partial charge in [0.1, 0.15) is 5.75 Å². The summed E-state index contributed by atoms with van der Waals surface area (Å²) in [5.74, 6) is 0.652. The van der Waals surface area contributed by atoms with Crippen LogP contribution in [0.2, 0.25) is 0 Å². The van der Waals surface area contributed by atoms with Crippen LogP contribution in [0.5, 0.6) is 5.75 Å². The van der Waals surface area contributed by atoms with Crippen molar-refractivity contribution >= 4 is 11.6 Å². The van der Waals surface area contributed by atoms with Gasteiger partial charge < -0.3 is 20.5 Å². The van der Waals surface area contributed by atoms with Crippen LogP contribution in [-0.2, 0) is 0 Å². The second kappa shape index (κ2) is 8.93. The highest BCUT2D eigenvalue weighted by Crippen LogP contribution is 2.23. The molecule has 0 saturated carbocycles. The molecule has 0 fully saturated rings. The number of carbonyl (C=O) groups excluding carboxylic acids is 1. The number of ether oxygens (including phenoxy) is 1. The van der Waals surface area contributed by atoms with Crippen molar-refractivity contribution in [2.75, 3.05) is 25.1 Å². The van der Waals surface area contributed by atoms with Crippen molar-refractivity contribution in [2.45, 2.75) is 19.9 Å². The topological polar surface area (TPSA) is 70.6 Å². The van der Waals surface area contributed by atoms with Gasteiger partial charge in [0.15, 0.2) is 0 Å². The van der Waals surface area contributed by atoms with Crippen LogP contribution < -0.4 is 15.4 Å². The maximum absolute atomic E-state index is 12.0. The molecule has 2 rings (SSSR count). The molecule has 0 spiro atoms. The zero-order chi connectivity index (χ0) is 17.4. The molecule has 5 heteroatoms. The van der Waals surface area contributed by atoms with Crippen LogP contribution in [0.4, 0.5) is 5.69 Å². The van der Waals surface area contributed by atoms with E-state index in [1.165, 1.54) is 0 Å². The summed E-state index contributed by atoms with van der Waals surface area (Å²) in [6.45, 7) is 4.83. The summed E-state index contributed by atoms with van der Waals surface area (Å²) in [6.07, 6.45) is 0. The van der Waals surface area contributed by atoms with Crippen LogP contribution >= 0.6 is 0 Å². The predicted octanol–water partition coefficient (Wildman–Crippen LogP) is 2.98. The molecule has 0 bridgehead atoms. The lowest BCUT2D eigenvalue weighted by Gasteiger charge is -2.17. The Labute approximate surface area is 142 Å². The number of benzene rings is 2. The van der Waals surface area contributed by atoms with Gasteiger partial charge in [-0.25, -0.2) is 0 Å². The first-order chi connectivity index (χ1) is 11.6. The van der Waals surface area contributed by atoms with Gasteiger partial charge in [0.05, 0.1) is 13.2 Å². The minimum Gasteiger partial charge on any atom is -0.494 e. The van der Waals surface area contributed by atoms with Gasteiger partial charge in [-0.2, -0.15) is 0 Å². The quantitative estimate of drug-likeness (QED) is 0.697. The third-order valence-corrected chi connectivity index (χ3v) is 3.57. The molecule has 1 amide bonds. The van der Waals surface area contributed by atoms with Gasteiger partial charge in [-0.15, -0.1) is 0 Å². The molecule has 2 aromatic rings. The van der Waals surface area contributed by atoms with Gasteiger partial charge in [0, 0.05) is 23.8 Å². The Morgan fingerprint density at radius 3 is 2.75 bits per heavy atom. The summed E-state index contributed by atoms with van der Waals surface area (Å²) < 4.78 is 5.53. The van der Waals surface area contributed by atoms with Crippen molar-refractivity contribution in [3.05, 3.63) is 59.7 Å². The lowest BCUT2D eigenvalue weighted by molar-refractivity contribution is 0.0945. The van der Waals surface area contributed by atoms with Gasteiger partial charge in [-0.3, -0.25) is 4.79 Å². The van der Waals surface area contributed by atoms with Crippen LogP contribution in [0, 0.1) is 0 Å². The van der Waals surface area contributed by atoms with Crippen molar-refractivity contribution < 1.29 is 14.6 Å². The monoisotopic (exact) mass is 328 g/mol. The molecule has 128 valence electrons. The molecule has 1 unspecified atom stereocenters. The maximum atomic E-state index is 12.0. The number of hydrogen-bond donors (Lipinski definition) is 3. The normalized spacial score (nSPS) is 11.6. The van der Waals surface area contributed by atoms with Crippen molar-refractivity contribution in [3.63, 3.8) is 0 Å². The van der Waals surface area contributed by atoms with Gasteiger partial charge in [0.2, 0.25) is 0 Å². The number of aliphatic hydroxyl groups excluding tert-OH is 1. The fraction of sp³-hybridized carbons (Fsp3) is 0.316. The Balaban J connectivity index is 2.07. The average Bonchev–Trinajstić information content (AvgIpc) is 2.60. The largest absolute Gasteiger partial charge is 0.494 e. The van der Waals surface area contributed by atoms with Gasteiger partial charge in [-0.1, -0.05) is 18.2 Å². The Morgan fingerprint density at radius 1 is 1.21 bits per heavy atom. The zero-order valence-corrected chi connectivity index (χ0v) is 14.1. The highest BCUT2D eigenvalue weighted by molar-refractivity contribution is 5.95. The van der Waals surface area contributed by atoms with E-state index in [-0.39, 0.29) is 25.1 Å². The van der Waals surface area contributed by atoms with Gasteiger partial charge >= 0.3 is 0 Å². The Kier molecular flexibility index (Phi) is 6.63. The standard InChI is InChI=1S/C19H24N2O3/c1-3-24-18-9-5-6-15(13-18)14(2)21-17-8-4-7-16(12-17)19(23)20-10-11-22/h4-9,12-14,21-22H,3,10-11H2,1-2H3,(H,20,23). The van der Waals surface area contributed by atoms with E-state index in [0.717, 1.165) is 17.0 Å². The van der Waals surface area contributed by atoms with E-state index < -0.39 is 0 Å². The summed E-state index contributed by atoms with van der Waals surface area (Å²) in [5, 5.41) is 14.8. The molecule has 1 atom stereocenters. The van der Waals surface area contributed by atoms with Crippen LogP contribution in [0.15, 0.2) is 48.5 Å². The molecule has 0 aromatic heterocycles. The second-order valence-electron chi connectivity index (χ2n) is 5.43. The van der Waals surface area contributed by atoms with Crippen molar-refractivity contribution in [3.8, 4) is 5.75 Å². The number of nitrogens with one attached hydrogen (secondary N) is 2. The predicted molar refractivity (Wildman–Crippen MR) is 95.5 cm³/mol. The van der Waals surface area contributed by atoms with E-state index in [1.54, 1.807) is 12.1 Å². The number of aliphatic hydroxyl groups is 1. The van der Waals surface area contributed by atoms with Crippen LogP contribution in [0.25, 0.3) is 0 Å². The first-order valence-corrected chi connectivity index (χ1v) is 8.12. The molecule has 0 radical (unpaired) electrons. The number of carbonyl (C=O) groups is 1. The van der Waals surface area contributed by atoms with E-state index in [1.807, 2.05) is 43.3 Å². The summed E-state index contributed by atoms with van der Waals surface area (Å²) >= 11 is 0. The fourth-order valence-corrected chi connectivity index (χ4v) is 2.40. The highest BCUT2D eigenvalue weighted by Gasteiger charge is 2.09. The summed E-state index contributed by atoms with van der Waals surface area (Å²) in [4.78, 5) is 12.0. The lowest BCUT2D eigenvalue weighted by atomic mass is 10.1. The van der Waals surface area contributed by atoms with Crippen LogP contribution in [-0.4, -0.2) is 30.8 Å². The fourth-order valence-electron chi connectivity index (χ4n) is 2.40. The van der Waals surface area contributed by atoms with Crippen molar-refractivity contribution in [1.29, 1.82) is 0 Å². The number of amides is 1. The molecular weight excluding hydrogens is 304 g/mol.